The predicted molar refractivity (Wildman–Crippen MR) is 104 cm³/mol. The number of hydrazone groups is 1. The molecule has 0 aliphatic heterocycles. The fourth-order valence-corrected chi connectivity index (χ4v) is 2.63. The highest BCUT2D eigenvalue weighted by Crippen LogP contribution is 2.13. The Labute approximate surface area is 165 Å². The molecule has 0 unspecified atom stereocenters. The van der Waals surface area contributed by atoms with E-state index in [-0.39, 0.29) is 11.3 Å². The minimum atomic E-state index is -1.31. The van der Waals surface area contributed by atoms with Gasteiger partial charge in [-0.05, 0) is 42.8 Å². The van der Waals surface area contributed by atoms with E-state index in [1.54, 1.807) is 55.5 Å². The maximum atomic E-state index is 12.5. The molecule has 0 atom stereocenters. The number of carbonyl (C=O) groups is 2. The monoisotopic (exact) mass is 393 g/mol. The van der Waals surface area contributed by atoms with Crippen molar-refractivity contribution in [2.45, 2.75) is 13.5 Å². The van der Waals surface area contributed by atoms with E-state index >= 15 is 0 Å². The van der Waals surface area contributed by atoms with Crippen LogP contribution in [0.2, 0.25) is 0 Å². The van der Waals surface area contributed by atoms with Crippen LogP contribution in [0.25, 0.3) is 10.8 Å². The zero-order valence-electron chi connectivity index (χ0n) is 15.5. The molecule has 0 bridgehead atoms. The molecule has 1 aromatic heterocycles. The summed E-state index contributed by atoms with van der Waals surface area (Å²) in [5.74, 6) is -1.49. The third-order valence-electron chi connectivity index (χ3n) is 4.00. The Morgan fingerprint density at radius 2 is 1.86 bits per heavy atom. The van der Waals surface area contributed by atoms with E-state index in [0.29, 0.717) is 28.6 Å². The smallest absolute Gasteiger partial charge is 0.292 e. The van der Waals surface area contributed by atoms with Crippen LogP contribution in [0.4, 0.5) is 0 Å². The van der Waals surface area contributed by atoms with Crippen molar-refractivity contribution < 1.29 is 19.4 Å². The van der Waals surface area contributed by atoms with E-state index in [2.05, 4.69) is 15.6 Å². The number of nitrogens with zero attached hydrogens (tertiary/aromatic N) is 3. The van der Waals surface area contributed by atoms with Crippen LogP contribution < -0.4 is 20.8 Å². The number of aliphatic carboxylic acids is 1. The average molecular weight is 393 g/mol. The lowest BCUT2D eigenvalue weighted by Gasteiger charge is -2.08. The van der Waals surface area contributed by atoms with Crippen molar-refractivity contribution in [3.05, 3.63) is 70.1 Å². The van der Waals surface area contributed by atoms with Crippen LogP contribution in [-0.2, 0) is 11.3 Å². The SMILES string of the molecule is CCn1nc(C(=O)N/N=C\c2ccc(OCC(=O)[O-])cc2)c2ccccc2c1=O. The number of fused-ring (bicyclic) bond motifs is 1. The van der Waals surface area contributed by atoms with Gasteiger partial charge in [-0.25, -0.2) is 10.1 Å². The van der Waals surface area contributed by atoms with Gasteiger partial charge in [-0.15, -0.1) is 0 Å². The molecular formula is C20H17N4O5-. The van der Waals surface area contributed by atoms with E-state index in [4.69, 9.17) is 4.74 Å². The fourth-order valence-electron chi connectivity index (χ4n) is 2.63. The van der Waals surface area contributed by atoms with Crippen LogP contribution in [0.15, 0.2) is 58.4 Å². The van der Waals surface area contributed by atoms with Crippen molar-refractivity contribution in [2.75, 3.05) is 6.61 Å². The number of aryl methyl sites for hydroxylation is 1. The summed E-state index contributed by atoms with van der Waals surface area (Å²) < 4.78 is 6.21. The summed E-state index contributed by atoms with van der Waals surface area (Å²) in [5, 5.41) is 19.3. The topological polar surface area (TPSA) is 126 Å². The van der Waals surface area contributed by atoms with Crippen molar-refractivity contribution in [3.8, 4) is 5.75 Å². The number of amides is 1. The average Bonchev–Trinajstić information content (AvgIpc) is 2.73. The molecule has 148 valence electrons. The first-order chi connectivity index (χ1) is 14.0. The lowest BCUT2D eigenvalue weighted by atomic mass is 10.1. The first-order valence-corrected chi connectivity index (χ1v) is 8.75. The van der Waals surface area contributed by atoms with Crippen LogP contribution in [0.1, 0.15) is 23.0 Å². The number of aromatic nitrogens is 2. The Kier molecular flexibility index (Phi) is 5.98. The summed E-state index contributed by atoms with van der Waals surface area (Å²) in [6.45, 7) is 1.56. The lowest BCUT2D eigenvalue weighted by Crippen LogP contribution is -2.28. The molecule has 9 heteroatoms. The molecule has 1 N–H and O–H groups in total. The van der Waals surface area contributed by atoms with Gasteiger partial charge in [-0.1, -0.05) is 18.2 Å². The lowest BCUT2D eigenvalue weighted by molar-refractivity contribution is -0.307. The van der Waals surface area contributed by atoms with Crippen molar-refractivity contribution >= 4 is 28.9 Å². The van der Waals surface area contributed by atoms with Crippen LogP contribution >= 0.6 is 0 Å². The van der Waals surface area contributed by atoms with Crippen LogP contribution in [0.3, 0.4) is 0 Å². The van der Waals surface area contributed by atoms with Crippen LogP contribution in [0.5, 0.6) is 5.75 Å². The molecule has 0 saturated carbocycles. The van der Waals surface area contributed by atoms with Gasteiger partial charge >= 0.3 is 0 Å². The molecule has 29 heavy (non-hydrogen) atoms. The Bertz CT molecular complexity index is 1140. The maximum Gasteiger partial charge on any atom is 0.292 e. The molecule has 0 aliphatic rings. The highest BCUT2D eigenvalue weighted by molar-refractivity contribution is 6.04. The summed E-state index contributed by atoms with van der Waals surface area (Å²) in [6.07, 6.45) is 1.42. The number of nitrogens with one attached hydrogen (secondary N) is 1. The highest BCUT2D eigenvalue weighted by Gasteiger charge is 2.15. The molecule has 0 aliphatic carbocycles. The van der Waals surface area contributed by atoms with Crippen molar-refractivity contribution in [3.63, 3.8) is 0 Å². The second-order valence-corrected chi connectivity index (χ2v) is 5.94. The normalized spacial score (nSPS) is 10.9. The second-order valence-electron chi connectivity index (χ2n) is 5.94. The Balaban J connectivity index is 1.75. The van der Waals surface area contributed by atoms with Gasteiger partial charge in [0.2, 0.25) is 0 Å². The van der Waals surface area contributed by atoms with E-state index < -0.39 is 18.5 Å². The molecule has 0 radical (unpaired) electrons. The Morgan fingerprint density at radius 3 is 2.52 bits per heavy atom. The number of benzene rings is 2. The van der Waals surface area contributed by atoms with E-state index in [1.165, 1.54) is 10.9 Å². The molecule has 0 fully saturated rings. The predicted octanol–water partition coefficient (Wildman–Crippen LogP) is 0.309. The van der Waals surface area contributed by atoms with Gasteiger partial charge in [-0.2, -0.15) is 10.2 Å². The summed E-state index contributed by atoms with van der Waals surface area (Å²) in [7, 11) is 0. The molecule has 1 amide bonds. The quantitative estimate of drug-likeness (QED) is 0.455. The standard InChI is InChI=1S/C20H18N4O5/c1-2-24-20(28)16-6-4-3-5-15(16)18(23-24)19(27)22-21-11-13-7-9-14(10-8-13)29-12-17(25)26/h3-11H,2,12H2,1H3,(H,22,27)(H,25,26)/p-1/b21-11-. The first kappa shape index (κ1) is 19.7. The minimum Gasteiger partial charge on any atom is -0.546 e. The maximum absolute atomic E-state index is 12.5. The number of hydrogen-bond acceptors (Lipinski definition) is 7. The molecule has 3 rings (SSSR count). The Hall–Kier alpha value is -4.01. The van der Waals surface area contributed by atoms with E-state index in [0.717, 1.165) is 0 Å². The summed E-state index contributed by atoms with van der Waals surface area (Å²) in [4.78, 5) is 35.3. The number of rotatable bonds is 7. The zero-order valence-corrected chi connectivity index (χ0v) is 15.5. The minimum absolute atomic E-state index is 0.102. The van der Waals surface area contributed by atoms with Gasteiger partial charge in [0, 0.05) is 11.9 Å². The third kappa shape index (κ3) is 4.64. The largest absolute Gasteiger partial charge is 0.546 e. The van der Waals surface area contributed by atoms with Crippen LogP contribution in [0, 0.1) is 0 Å². The van der Waals surface area contributed by atoms with Gasteiger partial charge < -0.3 is 14.6 Å². The molecule has 1 heterocycles. The number of carboxylic acid groups (broad SMARTS) is 1. The highest BCUT2D eigenvalue weighted by atomic mass is 16.5. The first-order valence-electron chi connectivity index (χ1n) is 8.75. The molecule has 0 spiro atoms. The van der Waals surface area contributed by atoms with Gasteiger partial charge in [0.1, 0.15) is 12.4 Å². The zero-order chi connectivity index (χ0) is 20.8. The summed E-state index contributed by atoms with van der Waals surface area (Å²) in [5.41, 5.74) is 2.90. The molecule has 2 aromatic carbocycles. The van der Waals surface area contributed by atoms with E-state index in [9.17, 15) is 19.5 Å². The van der Waals surface area contributed by atoms with Crippen molar-refractivity contribution in [1.82, 2.24) is 15.2 Å². The molecule has 3 aromatic rings. The number of hydrogen-bond donors (Lipinski definition) is 1. The van der Waals surface area contributed by atoms with Crippen molar-refractivity contribution in [1.29, 1.82) is 0 Å². The summed E-state index contributed by atoms with van der Waals surface area (Å²) in [6, 6.07) is 13.2. The van der Waals surface area contributed by atoms with Crippen LogP contribution in [-0.4, -0.2) is 34.5 Å². The number of ether oxygens (including phenoxy) is 1. The summed E-state index contributed by atoms with van der Waals surface area (Å²) >= 11 is 0. The van der Waals surface area contributed by atoms with Gasteiger partial charge in [0.15, 0.2) is 5.69 Å². The fraction of sp³-hybridized carbons (Fsp3) is 0.150. The molecular weight excluding hydrogens is 376 g/mol. The van der Waals surface area contributed by atoms with Gasteiger partial charge in [0.25, 0.3) is 11.5 Å². The van der Waals surface area contributed by atoms with Gasteiger partial charge in [-0.3, -0.25) is 9.59 Å². The molecule has 0 saturated heterocycles. The van der Waals surface area contributed by atoms with E-state index in [1.807, 2.05) is 0 Å². The Morgan fingerprint density at radius 1 is 1.17 bits per heavy atom. The van der Waals surface area contributed by atoms with Crippen molar-refractivity contribution in [2.24, 2.45) is 5.10 Å². The third-order valence-corrected chi connectivity index (χ3v) is 4.00. The van der Waals surface area contributed by atoms with Gasteiger partial charge in [0.05, 0.1) is 17.6 Å². The molecule has 9 nitrogen and oxygen atoms in total. The number of carbonyl (C=O) groups excluding carboxylic acids is 2. The number of carboxylic acids is 1. The second kappa shape index (κ2) is 8.79.